The number of pyridine rings is 1. The van der Waals surface area contributed by atoms with E-state index in [9.17, 15) is 0 Å². The van der Waals surface area contributed by atoms with E-state index >= 15 is 0 Å². The number of fused-ring (bicyclic) bond motifs is 1. The highest BCUT2D eigenvalue weighted by atomic mass is 14.9. The molecule has 0 fully saturated rings. The van der Waals surface area contributed by atoms with E-state index in [0.29, 0.717) is 12.4 Å². The minimum Gasteiger partial charge on any atom is -0.326 e. The Morgan fingerprint density at radius 2 is 1.68 bits per heavy atom. The summed E-state index contributed by atoms with van der Waals surface area (Å²) >= 11 is 0. The van der Waals surface area contributed by atoms with Gasteiger partial charge in [-0.15, -0.1) is 0 Å². The van der Waals surface area contributed by atoms with Gasteiger partial charge >= 0.3 is 0 Å². The number of aryl methyl sites for hydroxylation is 1. The molecular formula is C21H18N4. The number of para-hydroxylation sites is 1. The van der Waals surface area contributed by atoms with E-state index in [-0.39, 0.29) is 0 Å². The van der Waals surface area contributed by atoms with Crippen LogP contribution in [0.1, 0.15) is 11.1 Å². The van der Waals surface area contributed by atoms with Crippen molar-refractivity contribution in [3.8, 4) is 22.8 Å². The monoisotopic (exact) mass is 326 g/mol. The Morgan fingerprint density at radius 3 is 2.48 bits per heavy atom. The largest absolute Gasteiger partial charge is 0.326 e. The molecule has 0 saturated heterocycles. The molecule has 4 nitrogen and oxygen atoms in total. The highest BCUT2D eigenvalue weighted by Gasteiger charge is 2.09. The van der Waals surface area contributed by atoms with Gasteiger partial charge in [0.2, 0.25) is 0 Å². The molecule has 0 amide bonds. The number of nitrogens with two attached hydrogens (primary N) is 1. The quantitative estimate of drug-likeness (QED) is 0.615. The second-order valence-electron chi connectivity index (χ2n) is 6.02. The Hall–Kier alpha value is -3.11. The van der Waals surface area contributed by atoms with Crippen LogP contribution in [0.2, 0.25) is 0 Å². The van der Waals surface area contributed by atoms with Crippen molar-refractivity contribution in [2.24, 2.45) is 5.73 Å². The molecule has 0 saturated carbocycles. The molecule has 0 unspecified atom stereocenters. The highest BCUT2D eigenvalue weighted by Crippen LogP contribution is 2.25. The molecule has 0 atom stereocenters. The number of rotatable bonds is 3. The van der Waals surface area contributed by atoms with Crippen molar-refractivity contribution in [2.75, 3.05) is 0 Å². The predicted octanol–water partition coefficient (Wildman–Crippen LogP) is 4.13. The topological polar surface area (TPSA) is 64.7 Å². The summed E-state index contributed by atoms with van der Waals surface area (Å²) < 4.78 is 0. The molecule has 0 bridgehead atoms. The van der Waals surface area contributed by atoms with Crippen LogP contribution in [-0.4, -0.2) is 15.0 Å². The molecule has 2 heterocycles. The Morgan fingerprint density at radius 1 is 0.880 bits per heavy atom. The minimum atomic E-state index is 0.539. The molecule has 0 aliphatic heterocycles. The second kappa shape index (κ2) is 6.42. The van der Waals surface area contributed by atoms with Gasteiger partial charge in [0.25, 0.3) is 0 Å². The van der Waals surface area contributed by atoms with Crippen molar-refractivity contribution in [3.05, 3.63) is 78.0 Å². The Labute approximate surface area is 146 Å². The zero-order valence-electron chi connectivity index (χ0n) is 14.0. The van der Waals surface area contributed by atoms with Gasteiger partial charge in [0.05, 0.1) is 11.2 Å². The van der Waals surface area contributed by atoms with Gasteiger partial charge in [-0.3, -0.25) is 0 Å². The fraction of sp³-hybridized carbons (Fsp3) is 0.0952. The second-order valence-corrected chi connectivity index (χ2v) is 6.02. The lowest BCUT2D eigenvalue weighted by Crippen LogP contribution is -1.97. The van der Waals surface area contributed by atoms with Crippen LogP contribution in [0.4, 0.5) is 0 Å². The molecule has 2 aromatic carbocycles. The van der Waals surface area contributed by atoms with E-state index in [1.54, 1.807) is 0 Å². The molecular weight excluding hydrogens is 308 g/mol. The molecule has 2 aromatic heterocycles. The van der Waals surface area contributed by atoms with E-state index in [1.165, 1.54) is 0 Å². The van der Waals surface area contributed by atoms with E-state index in [0.717, 1.165) is 39.0 Å². The molecule has 4 aromatic rings. The third kappa shape index (κ3) is 2.99. The lowest BCUT2D eigenvalue weighted by atomic mass is 10.0. The SMILES string of the molecule is Cc1ccc(-c2ncc3ccccc3n2)nc1-c1ccc(CN)cc1. The number of nitrogens with zero attached hydrogens (tertiary/aromatic N) is 3. The summed E-state index contributed by atoms with van der Waals surface area (Å²) in [6.45, 7) is 2.60. The van der Waals surface area contributed by atoms with Crippen LogP contribution in [-0.2, 0) is 6.54 Å². The van der Waals surface area contributed by atoms with Gasteiger partial charge in [-0.05, 0) is 30.2 Å². The summed E-state index contributed by atoms with van der Waals surface area (Å²) in [5, 5.41) is 1.02. The van der Waals surface area contributed by atoms with E-state index in [4.69, 9.17) is 10.7 Å². The molecule has 4 rings (SSSR count). The number of benzene rings is 2. The average Bonchev–Trinajstić information content (AvgIpc) is 2.68. The summed E-state index contributed by atoms with van der Waals surface area (Å²) in [5.41, 5.74) is 11.6. The van der Waals surface area contributed by atoms with Gasteiger partial charge in [-0.2, -0.15) is 0 Å². The fourth-order valence-electron chi connectivity index (χ4n) is 2.84. The standard InChI is InChI=1S/C21H18N4/c1-14-6-11-19(21-23-13-17-4-2-3-5-18(17)25-21)24-20(14)16-9-7-15(12-22)8-10-16/h2-11,13H,12,22H2,1H3. The predicted molar refractivity (Wildman–Crippen MR) is 101 cm³/mol. The summed E-state index contributed by atoms with van der Waals surface area (Å²) in [7, 11) is 0. The van der Waals surface area contributed by atoms with Crippen LogP contribution in [0.15, 0.2) is 66.9 Å². The van der Waals surface area contributed by atoms with Crippen LogP contribution in [0.25, 0.3) is 33.7 Å². The molecule has 0 spiro atoms. The summed E-state index contributed by atoms with van der Waals surface area (Å²) in [6.07, 6.45) is 1.84. The van der Waals surface area contributed by atoms with Gasteiger partial charge in [0.1, 0.15) is 5.69 Å². The van der Waals surface area contributed by atoms with Crippen molar-refractivity contribution in [1.82, 2.24) is 15.0 Å². The zero-order valence-corrected chi connectivity index (χ0v) is 14.0. The number of aromatic nitrogens is 3. The summed E-state index contributed by atoms with van der Waals surface area (Å²) in [4.78, 5) is 13.9. The van der Waals surface area contributed by atoms with Crippen molar-refractivity contribution < 1.29 is 0 Å². The molecule has 0 radical (unpaired) electrons. The third-order valence-corrected chi connectivity index (χ3v) is 4.28. The smallest absolute Gasteiger partial charge is 0.178 e. The Balaban J connectivity index is 1.79. The first kappa shape index (κ1) is 15.4. The van der Waals surface area contributed by atoms with E-state index in [1.807, 2.05) is 48.7 Å². The molecule has 0 aliphatic rings. The minimum absolute atomic E-state index is 0.539. The van der Waals surface area contributed by atoms with Crippen molar-refractivity contribution in [2.45, 2.75) is 13.5 Å². The normalized spacial score (nSPS) is 11.0. The molecule has 122 valence electrons. The van der Waals surface area contributed by atoms with Crippen LogP contribution in [0.3, 0.4) is 0 Å². The van der Waals surface area contributed by atoms with Gasteiger partial charge < -0.3 is 5.73 Å². The van der Waals surface area contributed by atoms with Crippen LogP contribution < -0.4 is 5.73 Å². The lowest BCUT2D eigenvalue weighted by molar-refractivity contribution is 1.07. The molecule has 2 N–H and O–H groups in total. The Kier molecular flexibility index (Phi) is 3.96. The lowest BCUT2D eigenvalue weighted by Gasteiger charge is -2.09. The summed E-state index contributed by atoms with van der Waals surface area (Å²) in [6, 6.07) is 20.2. The number of hydrogen-bond donors (Lipinski definition) is 1. The first-order valence-electron chi connectivity index (χ1n) is 8.24. The third-order valence-electron chi connectivity index (χ3n) is 4.28. The van der Waals surface area contributed by atoms with E-state index < -0.39 is 0 Å². The molecule has 0 aliphatic carbocycles. The van der Waals surface area contributed by atoms with Gasteiger partial charge in [0, 0.05) is 23.7 Å². The van der Waals surface area contributed by atoms with Crippen molar-refractivity contribution in [1.29, 1.82) is 0 Å². The zero-order chi connectivity index (χ0) is 17.2. The van der Waals surface area contributed by atoms with Crippen molar-refractivity contribution >= 4 is 10.9 Å². The summed E-state index contributed by atoms with van der Waals surface area (Å²) in [5.74, 6) is 0.638. The first-order chi connectivity index (χ1) is 12.2. The van der Waals surface area contributed by atoms with Gasteiger partial charge in [-0.25, -0.2) is 15.0 Å². The van der Waals surface area contributed by atoms with Gasteiger partial charge in [0.15, 0.2) is 5.82 Å². The van der Waals surface area contributed by atoms with Crippen LogP contribution in [0.5, 0.6) is 0 Å². The maximum Gasteiger partial charge on any atom is 0.178 e. The maximum atomic E-state index is 5.68. The fourth-order valence-corrected chi connectivity index (χ4v) is 2.84. The van der Waals surface area contributed by atoms with Crippen LogP contribution >= 0.6 is 0 Å². The molecule has 25 heavy (non-hydrogen) atoms. The van der Waals surface area contributed by atoms with Crippen molar-refractivity contribution in [3.63, 3.8) is 0 Å². The maximum absolute atomic E-state index is 5.68. The van der Waals surface area contributed by atoms with Crippen LogP contribution in [0, 0.1) is 6.92 Å². The first-order valence-corrected chi connectivity index (χ1v) is 8.24. The van der Waals surface area contributed by atoms with Gasteiger partial charge in [-0.1, -0.05) is 48.5 Å². The highest BCUT2D eigenvalue weighted by molar-refractivity contribution is 5.79. The van der Waals surface area contributed by atoms with E-state index in [2.05, 4.69) is 35.1 Å². The number of hydrogen-bond acceptors (Lipinski definition) is 4. The molecule has 4 heteroatoms. The average molecular weight is 326 g/mol. The Bertz CT molecular complexity index is 1040.